The third kappa shape index (κ3) is 4.86. The van der Waals surface area contributed by atoms with Crippen LogP contribution in [-0.2, 0) is 18.3 Å². The summed E-state index contributed by atoms with van der Waals surface area (Å²) in [5, 5.41) is 4.32. The molecule has 0 aliphatic rings. The Balaban J connectivity index is 1.55. The van der Waals surface area contributed by atoms with Crippen LogP contribution in [0, 0.1) is 0 Å². The van der Waals surface area contributed by atoms with Crippen molar-refractivity contribution in [1.82, 2.24) is 25.4 Å². The number of hydrazine groups is 1. The third-order valence-electron chi connectivity index (χ3n) is 5.28. The summed E-state index contributed by atoms with van der Waals surface area (Å²) in [5.41, 5.74) is 16.3. The highest BCUT2D eigenvalue weighted by molar-refractivity contribution is 5.95. The predicted molar refractivity (Wildman–Crippen MR) is 132 cm³/mol. The van der Waals surface area contributed by atoms with Crippen molar-refractivity contribution in [2.75, 3.05) is 24.8 Å². The number of benzene rings is 2. The zero-order valence-corrected chi connectivity index (χ0v) is 19.3. The molecule has 2 heterocycles. The average molecular weight is 462 g/mol. The highest BCUT2D eigenvalue weighted by Gasteiger charge is 2.13. The summed E-state index contributed by atoms with van der Waals surface area (Å²) in [4.78, 5) is 20.5. The van der Waals surface area contributed by atoms with E-state index in [0.717, 1.165) is 27.7 Å². The SMILES string of the molecule is CCOC(=O)NNCc1cc(OC)c(Nc2nccc(-c3cn(C)c4ccccc34)n2)cc1N. The van der Waals surface area contributed by atoms with Crippen LogP contribution in [0.4, 0.5) is 22.1 Å². The lowest BCUT2D eigenvalue weighted by Gasteiger charge is -2.15. The van der Waals surface area contributed by atoms with Gasteiger partial charge in [-0.2, -0.15) is 0 Å². The van der Waals surface area contributed by atoms with Crippen molar-refractivity contribution in [3.63, 3.8) is 0 Å². The molecule has 0 bridgehead atoms. The quantitative estimate of drug-likeness (QED) is 0.231. The van der Waals surface area contributed by atoms with Crippen LogP contribution in [0.2, 0.25) is 0 Å². The van der Waals surface area contributed by atoms with Crippen molar-refractivity contribution in [2.45, 2.75) is 13.5 Å². The Morgan fingerprint density at radius 1 is 1.21 bits per heavy atom. The maximum absolute atomic E-state index is 11.4. The van der Waals surface area contributed by atoms with E-state index < -0.39 is 6.09 Å². The number of amides is 1. The van der Waals surface area contributed by atoms with Gasteiger partial charge in [0, 0.05) is 48.1 Å². The van der Waals surface area contributed by atoms with Gasteiger partial charge in [-0.15, -0.1) is 0 Å². The molecule has 5 N–H and O–H groups in total. The van der Waals surface area contributed by atoms with Gasteiger partial charge in [-0.1, -0.05) is 18.2 Å². The number of fused-ring (bicyclic) bond motifs is 1. The Labute approximate surface area is 197 Å². The normalized spacial score (nSPS) is 10.8. The van der Waals surface area contributed by atoms with E-state index in [-0.39, 0.29) is 13.2 Å². The molecule has 0 saturated carbocycles. The Morgan fingerprint density at radius 3 is 2.82 bits per heavy atom. The van der Waals surface area contributed by atoms with E-state index >= 15 is 0 Å². The molecule has 4 rings (SSSR count). The van der Waals surface area contributed by atoms with Crippen molar-refractivity contribution in [1.29, 1.82) is 0 Å². The summed E-state index contributed by atoms with van der Waals surface area (Å²) in [5.74, 6) is 0.972. The molecule has 0 spiro atoms. The fourth-order valence-electron chi connectivity index (χ4n) is 3.67. The highest BCUT2D eigenvalue weighted by Crippen LogP contribution is 2.33. The van der Waals surface area contributed by atoms with Crippen LogP contribution in [-0.4, -0.2) is 34.3 Å². The topological polar surface area (TPSA) is 128 Å². The number of nitrogens with two attached hydrogens (primary N) is 1. The monoisotopic (exact) mass is 461 g/mol. The van der Waals surface area contributed by atoms with Gasteiger partial charge in [-0.05, 0) is 36.8 Å². The van der Waals surface area contributed by atoms with Gasteiger partial charge in [-0.3, -0.25) is 5.43 Å². The van der Waals surface area contributed by atoms with Crippen LogP contribution < -0.4 is 26.6 Å². The van der Waals surface area contributed by atoms with Crippen LogP contribution >= 0.6 is 0 Å². The number of hydrogen-bond donors (Lipinski definition) is 4. The van der Waals surface area contributed by atoms with Gasteiger partial charge in [0.25, 0.3) is 0 Å². The van der Waals surface area contributed by atoms with Crippen LogP contribution in [0.3, 0.4) is 0 Å². The van der Waals surface area contributed by atoms with E-state index in [4.69, 9.17) is 20.2 Å². The molecule has 0 fully saturated rings. The molecule has 0 atom stereocenters. The molecule has 34 heavy (non-hydrogen) atoms. The lowest BCUT2D eigenvalue weighted by Crippen LogP contribution is -2.37. The number of rotatable bonds is 8. The number of hydrogen-bond acceptors (Lipinski definition) is 8. The van der Waals surface area contributed by atoms with Gasteiger partial charge in [0.1, 0.15) is 5.75 Å². The number of aryl methyl sites for hydroxylation is 1. The van der Waals surface area contributed by atoms with Crippen molar-refractivity contribution in [3.8, 4) is 17.0 Å². The standard InChI is InChI=1S/C24H27N7O3/c1-4-34-24(32)30-27-13-15-11-22(33-3)20(12-18(15)25)29-23-26-10-9-19(28-23)17-14-31(2)21-8-6-5-7-16(17)21/h5-12,14,27H,4,13,25H2,1-3H3,(H,30,32)(H,26,28,29). The summed E-state index contributed by atoms with van der Waals surface area (Å²) in [6.07, 6.45) is 3.21. The van der Waals surface area contributed by atoms with E-state index in [2.05, 4.69) is 44.0 Å². The Kier molecular flexibility index (Phi) is 6.79. The number of nitrogens with one attached hydrogen (secondary N) is 3. The van der Waals surface area contributed by atoms with Crippen molar-refractivity contribution in [2.24, 2.45) is 7.05 Å². The molecule has 10 nitrogen and oxygen atoms in total. The number of carbonyl (C=O) groups excluding carboxylic acids is 1. The van der Waals surface area contributed by atoms with Crippen molar-refractivity contribution in [3.05, 3.63) is 60.4 Å². The number of anilines is 3. The maximum Gasteiger partial charge on any atom is 0.421 e. The summed E-state index contributed by atoms with van der Waals surface area (Å²) in [6.45, 7) is 2.30. The van der Waals surface area contributed by atoms with Gasteiger partial charge in [0.2, 0.25) is 5.95 Å². The van der Waals surface area contributed by atoms with Gasteiger partial charge >= 0.3 is 6.09 Å². The van der Waals surface area contributed by atoms with E-state index in [1.807, 2.05) is 25.2 Å². The van der Waals surface area contributed by atoms with E-state index in [0.29, 0.717) is 23.1 Å². The Bertz CT molecular complexity index is 1320. The molecule has 0 aliphatic heterocycles. The first-order valence-corrected chi connectivity index (χ1v) is 10.8. The molecular formula is C24H27N7O3. The average Bonchev–Trinajstić information content (AvgIpc) is 3.17. The Morgan fingerprint density at radius 2 is 2.03 bits per heavy atom. The fourth-order valence-corrected chi connectivity index (χ4v) is 3.67. The second kappa shape index (κ2) is 10.1. The van der Waals surface area contributed by atoms with Crippen molar-refractivity contribution >= 4 is 34.3 Å². The summed E-state index contributed by atoms with van der Waals surface area (Å²) in [6, 6.07) is 13.6. The van der Waals surface area contributed by atoms with Gasteiger partial charge < -0.3 is 25.1 Å². The molecule has 176 valence electrons. The number of ether oxygens (including phenoxy) is 2. The minimum absolute atomic E-state index is 0.285. The highest BCUT2D eigenvalue weighted by atomic mass is 16.5. The molecule has 4 aromatic rings. The molecule has 2 aromatic carbocycles. The Hall–Kier alpha value is -4.31. The number of nitrogens with zero attached hydrogens (tertiary/aromatic N) is 3. The first-order valence-electron chi connectivity index (χ1n) is 10.8. The second-order valence-corrected chi connectivity index (χ2v) is 7.51. The summed E-state index contributed by atoms with van der Waals surface area (Å²) < 4.78 is 12.4. The molecule has 2 aromatic heterocycles. The molecule has 0 aliphatic carbocycles. The van der Waals surface area contributed by atoms with Gasteiger partial charge in [0.05, 0.1) is 25.1 Å². The number of aromatic nitrogens is 3. The number of nitrogen functional groups attached to an aromatic ring is 1. The first kappa shape index (κ1) is 22.9. The molecule has 1 amide bonds. The predicted octanol–water partition coefficient (Wildman–Crippen LogP) is 3.72. The summed E-state index contributed by atoms with van der Waals surface area (Å²) in [7, 11) is 3.58. The van der Waals surface area contributed by atoms with Gasteiger partial charge in [0.15, 0.2) is 0 Å². The first-order chi connectivity index (χ1) is 16.5. The van der Waals surface area contributed by atoms with Gasteiger partial charge in [-0.25, -0.2) is 20.2 Å². The zero-order valence-electron chi connectivity index (χ0n) is 19.3. The fraction of sp³-hybridized carbons (Fsp3) is 0.208. The third-order valence-corrected chi connectivity index (χ3v) is 5.28. The lowest BCUT2D eigenvalue weighted by molar-refractivity contribution is 0.147. The summed E-state index contributed by atoms with van der Waals surface area (Å²) >= 11 is 0. The minimum Gasteiger partial charge on any atom is -0.495 e. The van der Waals surface area contributed by atoms with Crippen LogP contribution in [0.1, 0.15) is 12.5 Å². The minimum atomic E-state index is -0.561. The van der Waals surface area contributed by atoms with E-state index in [1.54, 1.807) is 32.4 Å². The second-order valence-electron chi connectivity index (χ2n) is 7.51. The number of para-hydroxylation sites is 1. The molecular weight excluding hydrogens is 434 g/mol. The number of carbonyl (C=O) groups is 1. The van der Waals surface area contributed by atoms with E-state index in [9.17, 15) is 4.79 Å². The molecule has 0 saturated heterocycles. The molecule has 10 heteroatoms. The van der Waals surface area contributed by atoms with E-state index in [1.165, 1.54) is 0 Å². The molecule has 0 unspecified atom stereocenters. The maximum atomic E-state index is 11.4. The molecule has 0 radical (unpaired) electrons. The zero-order chi connectivity index (χ0) is 24.1. The lowest BCUT2D eigenvalue weighted by atomic mass is 10.1. The number of methoxy groups -OCH3 is 1. The van der Waals surface area contributed by atoms with Crippen LogP contribution in [0.15, 0.2) is 54.9 Å². The van der Waals surface area contributed by atoms with Crippen LogP contribution in [0.25, 0.3) is 22.2 Å². The smallest absolute Gasteiger partial charge is 0.421 e. The largest absolute Gasteiger partial charge is 0.495 e. The van der Waals surface area contributed by atoms with Crippen molar-refractivity contribution < 1.29 is 14.3 Å². The van der Waals surface area contributed by atoms with Crippen LogP contribution in [0.5, 0.6) is 5.75 Å².